The third-order valence-electron chi connectivity index (χ3n) is 19.5. The molecular weight excluding hydrogens is 1160 g/mol. The van der Waals surface area contributed by atoms with E-state index in [4.69, 9.17) is 19.9 Å². The fraction of sp³-hybridized carbons (Fsp3) is 0.0330. The molecule has 1 aliphatic carbocycles. The minimum Gasteiger partial charge on any atom is -0.360 e. The topological polar surface area (TPSA) is 63.1 Å². The predicted octanol–water partition coefficient (Wildman–Crippen LogP) is 22.8. The Labute approximate surface area is 557 Å². The van der Waals surface area contributed by atoms with Crippen LogP contribution in [0.1, 0.15) is 45.5 Å². The summed E-state index contributed by atoms with van der Waals surface area (Å²) in [4.78, 5) is 21.2. The largest absolute Gasteiger partial charge is 0.360 e. The van der Waals surface area contributed by atoms with Crippen LogP contribution in [0.4, 0.5) is 0 Å². The Morgan fingerprint density at radius 3 is 1.41 bits per heavy atom. The Morgan fingerprint density at radius 1 is 0.281 bits per heavy atom. The van der Waals surface area contributed by atoms with E-state index in [-0.39, 0.29) is 5.92 Å². The number of hydrogen-bond donors (Lipinski definition) is 1. The van der Waals surface area contributed by atoms with E-state index in [1.807, 2.05) is 36.4 Å². The molecule has 1 N–H and O–H groups in total. The molecule has 1 aliphatic heterocycles. The number of allylic oxidation sites excluding steroid dienone is 2. The lowest BCUT2D eigenvalue weighted by atomic mass is 9.80. The van der Waals surface area contributed by atoms with Gasteiger partial charge in [-0.3, -0.25) is 4.99 Å². The molecule has 1 aromatic heterocycles. The van der Waals surface area contributed by atoms with E-state index in [0.717, 1.165) is 79.0 Å². The van der Waals surface area contributed by atoms with Crippen molar-refractivity contribution >= 4 is 71.3 Å². The molecule has 0 saturated carbocycles. The van der Waals surface area contributed by atoms with Crippen LogP contribution >= 0.6 is 0 Å². The van der Waals surface area contributed by atoms with E-state index in [1.165, 1.54) is 87.2 Å². The van der Waals surface area contributed by atoms with Gasteiger partial charge in [-0.15, -0.1) is 0 Å². The van der Waals surface area contributed by atoms with Crippen molar-refractivity contribution in [1.82, 2.24) is 20.3 Å². The normalized spacial score (nSPS) is 14.4. The van der Waals surface area contributed by atoms with E-state index < -0.39 is 6.17 Å². The second-order valence-corrected chi connectivity index (χ2v) is 25.2. The highest BCUT2D eigenvalue weighted by Crippen LogP contribution is 2.44. The van der Waals surface area contributed by atoms with Crippen molar-refractivity contribution in [3.05, 3.63) is 367 Å². The number of nitrogens with one attached hydrogen (secondary N) is 1. The summed E-state index contributed by atoms with van der Waals surface area (Å²) < 4.78 is 0. The average molecular weight is 1220 g/mol. The molecule has 0 bridgehead atoms. The second-order valence-electron chi connectivity index (χ2n) is 25.2. The number of aliphatic imine (C=N–C) groups is 1. The van der Waals surface area contributed by atoms with Gasteiger partial charge in [-0.05, 0) is 175 Å². The van der Waals surface area contributed by atoms with Gasteiger partial charge in [0.1, 0.15) is 6.17 Å². The van der Waals surface area contributed by atoms with Crippen LogP contribution in [0.5, 0.6) is 0 Å². The van der Waals surface area contributed by atoms with E-state index >= 15 is 0 Å². The maximum Gasteiger partial charge on any atom is 0.164 e. The lowest BCUT2D eigenvalue weighted by Gasteiger charge is -2.26. The molecular formula is C91H61N5. The SMILES string of the molecule is C1=CC(c2ccc(-c3cc(-c4cccc(C5N=C(c6ccccc6)C=C(c6cccc(-c7ccccc7-c7ccc8c9ccccc9c9ccccc9c8c7)c6)N5)c4)ccc3-c3nc(-c4ccccc4)nc(-c4ccccc4)n3)cc2)Cc2c1c1ccccc1c1ccccc21. The molecule has 0 radical (unpaired) electrons. The molecule has 18 rings (SSSR count). The zero-order valence-electron chi connectivity index (χ0n) is 52.5. The van der Waals surface area contributed by atoms with Gasteiger partial charge >= 0.3 is 0 Å². The van der Waals surface area contributed by atoms with Gasteiger partial charge in [0.25, 0.3) is 0 Å². The van der Waals surface area contributed by atoms with Crippen LogP contribution in [-0.2, 0) is 6.42 Å². The van der Waals surface area contributed by atoms with E-state index in [0.29, 0.717) is 17.5 Å². The van der Waals surface area contributed by atoms with Crippen LogP contribution in [0, 0.1) is 0 Å². The number of nitrogens with zero attached hydrogens (tertiary/aromatic N) is 4. The van der Waals surface area contributed by atoms with Gasteiger partial charge in [0.05, 0.1) is 5.71 Å². The van der Waals surface area contributed by atoms with Crippen molar-refractivity contribution < 1.29 is 0 Å². The van der Waals surface area contributed by atoms with Crippen LogP contribution in [-0.4, -0.2) is 20.7 Å². The molecule has 16 aromatic rings. The molecule has 0 fully saturated rings. The molecule has 5 nitrogen and oxygen atoms in total. The first-order valence-electron chi connectivity index (χ1n) is 33.0. The maximum absolute atomic E-state index is 5.51. The first kappa shape index (κ1) is 56.3. The zero-order chi connectivity index (χ0) is 63.5. The van der Waals surface area contributed by atoms with Gasteiger partial charge < -0.3 is 5.32 Å². The summed E-state index contributed by atoms with van der Waals surface area (Å²) >= 11 is 0. The predicted molar refractivity (Wildman–Crippen MR) is 401 cm³/mol. The highest BCUT2D eigenvalue weighted by atomic mass is 15.1. The first-order valence-corrected chi connectivity index (χ1v) is 33.0. The highest BCUT2D eigenvalue weighted by molar-refractivity contribution is 6.26. The fourth-order valence-corrected chi connectivity index (χ4v) is 14.8. The standard InChI is InChI=1S/C91H61N5/c1-4-22-60(23-5-1)86-57-87(68-30-21-29-66(53-68)70-32-10-11-33-71(70)67-48-50-81-77-39-15-13-35-73(77)75-37-17-19-41-79(75)85(81)56-67)93-90(92-86)69-31-20-28-63(52-69)65-47-51-82(91-95-88(61-24-6-2-7-25-61)94-89(96-91)62-26-8-3-9-27-62)83(54-65)59-44-42-58(43-45-59)64-46-49-80-76-38-14-12-34-72(76)74-36-16-18-40-78(74)84(80)55-64/h1-54,56-57,64,90,93H,55H2. The Hall–Kier alpha value is -12.4. The summed E-state index contributed by atoms with van der Waals surface area (Å²) in [7, 11) is 0. The van der Waals surface area contributed by atoms with E-state index in [9.17, 15) is 0 Å². The Bertz CT molecular complexity index is 5740. The maximum atomic E-state index is 5.51. The summed E-state index contributed by atoms with van der Waals surface area (Å²) in [5.41, 5.74) is 20.7. The summed E-state index contributed by atoms with van der Waals surface area (Å²) in [5.74, 6) is 2.04. The van der Waals surface area contributed by atoms with Crippen molar-refractivity contribution in [2.75, 3.05) is 0 Å². The summed E-state index contributed by atoms with van der Waals surface area (Å²) in [6.07, 6.45) is 7.48. The van der Waals surface area contributed by atoms with Gasteiger partial charge in [-0.2, -0.15) is 0 Å². The fourth-order valence-electron chi connectivity index (χ4n) is 14.8. The second kappa shape index (κ2) is 23.9. The van der Waals surface area contributed by atoms with Crippen LogP contribution < -0.4 is 5.32 Å². The van der Waals surface area contributed by atoms with Gasteiger partial charge in [0.2, 0.25) is 0 Å². The molecule has 2 heterocycles. The van der Waals surface area contributed by atoms with Crippen LogP contribution in [0.15, 0.2) is 339 Å². The molecule has 0 amide bonds. The Kier molecular flexibility index (Phi) is 14.0. The Balaban J connectivity index is 0.713. The van der Waals surface area contributed by atoms with Crippen molar-refractivity contribution in [1.29, 1.82) is 0 Å². The summed E-state index contributed by atoms with van der Waals surface area (Å²) in [5, 5.41) is 16.8. The van der Waals surface area contributed by atoms with Gasteiger partial charge in [-0.25, -0.2) is 15.0 Å². The molecule has 2 unspecified atom stereocenters. The monoisotopic (exact) mass is 1220 g/mol. The molecule has 450 valence electrons. The quantitative estimate of drug-likeness (QED) is 0.131. The number of hydrogen-bond acceptors (Lipinski definition) is 5. The number of rotatable bonds is 11. The third kappa shape index (κ3) is 10.2. The molecule has 0 spiro atoms. The number of aromatic nitrogens is 3. The van der Waals surface area contributed by atoms with Crippen LogP contribution in [0.25, 0.3) is 144 Å². The minimum absolute atomic E-state index is 0.203. The highest BCUT2D eigenvalue weighted by Gasteiger charge is 2.25. The van der Waals surface area contributed by atoms with E-state index in [2.05, 4.69) is 309 Å². The molecule has 96 heavy (non-hydrogen) atoms. The van der Waals surface area contributed by atoms with Crippen LogP contribution in [0.3, 0.4) is 0 Å². The smallest absolute Gasteiger partial charge is 0.164 e. The lowest BCUT2D eigenvalue weighted by Crippen LogP contribution is -2.25. The van der Waals surface area contributed by atoms with Crippen LogP contribution in [0.2, 0.25) is 0 Å². The van der Waals surface area contributed by atoms with Crippen molar-refractivity contribution in [3.8, 4) is 78.7 Å². The van der Waals surface area contributed by atoms with E-state index in [1.54, 1.807) is 0 Å². The minimum atomic E-state index is -0.401. The zero-order valence-corrected chi connectivity index (χ0v) is 52.5. The number of benzene rings is 15. The molecule has 0 saturated heterocycles. The lowest BCUT2D eigenvalue weighted by molar-refractivity contribution is 0.664. The van der Waals surface area contributed by atoms with Gasteiger partial charge in [0, 0.05) is 28.3 Å². The molecule has 2 aliphatic rings. The van der Waals surface area contributed by atoms with Gasteiger partial charge in [-0.1, -0.05) is 303 Å². The summed E-state index contributed by atoms with van der Waals surface area (Å²) in [6.45, 7) is 0. The van der Waals surface area contributed by atoms with Gasteiger partial charge in [0.15, 0.2) is 17.5 Å². The number of fused-ring (bicyclic) bond motifs is 12. The molecule has 15 aromatic carbocycles. The first-order chi connectivity index (χ1) is 47.6. The summed E-state index contributed by atoms with van der Waals surface area (Å²) in [6, 6.07) is 116. The average Bonchev–Trinajstić information content (AvgIpc) is 0.772. The molecule has 5 heteroatoms. The van der Waals surface area contributed by atoms with Crippen molar-refractivity contribution in [2.24, 2.45) is 4.99 Å². The third-order valence-corrected chi connectivity index (χ3v) is 19.5. The van der Waals surface area contributed by atoms with Crippen molar-refractivity contribution in [2.45, 2.75) is 18.5 Å². The Morgan fingerprint density at radius 2 is 0.750 bits per heavy atom. The van der Waals surface area contributed by atoms with Crippen molar-refractivity contribution in [3.63, 3.8) is 0 Å². The molecule has 2 atom stereocenters.